The van der Waals surface area contributed by atoms with Crippen LogP contribution in [0.3, 0.4) is 0 Å². The molecule has 0 aromatic rings. The number of nitrogens with one attached hydrogen (secondary N) is 1. The number of carboxylic acid groups (broad SMARTS) is 1. The van der Waals surface area contributed by atoms with E-state index in [9.17, 15) is 14.7 Å². The molecule has 0 aromatic heterocycles. The molecule has 112 valence electrons. The van der Waals surface area contributed by atoms with Crippen molar-refractivity contribution in [2.45, 2.75) is 52.5 Å². The molecule has 1 unspecified atom stereocenters. The van der Waals surface area contributed by atoms with E-state index in [-0.39, 0.29) is 18.4 Å². The van der Waals surface area contributed by atoms with Gasteiger partial charge in [-0.15, -0.1) is 0 Å². The Morgan fingerprint density at radius 2 is 1.79 bits per heavy atom. The van der Waals surface area contributed by atoms with Crippen LogP contribution in [0.15, 0.2) is 0 Å². The van der Waals surface area contributed by atoms with Gasteiger partial charge in [-0.25, -0.2) is 0 Å². The minimum atomic E-state index is -0.925. The molecule has 5 nitrogen and oxygen atoms in total. The fourth-order valence-electron chi connectivity index (χ4n) is 2.04. The van der Waals surface area contributed by atoms with Crippen molar-refractivity contribution in [1.29, 1.82) is 0 Å². The van der Waals surface area contributed by atoms with E-state index >= 15 is 0 Å². The van der Waals surface area contributed by atoms with Gasteiger partial charge in [0.2, 0.25) is 5.91 Å². The maximum absolute atomic E-state index is 11.9. The Labute approximate surface area is 116 Å². The molecule has 0 radical (unpaired) electrons. The van der Waals surface area contributed by atoms with Gasteiger partial charge in [0.05, 0.1) is 5.41 Å². The highest BCUT2D eigenvalue weighted by Gasteiger charge is 2.37. The van der Waals surface area contributed by atoms with Gasteiger partial charge in [-0.2, -0.15) is 0 Å². The molecular formula is C14H28N2O3. The number of rotatable bonds is 9. The number of carboxylic acids is 1. The summed E-state index contributed by atoms with van der Waals surface area (Å²) in [5, 5.41) is 12.2. The number of carbonyl (C=O) groups excluding carboxylic acids is 1. The molecule has 0 fully saturated rings. The fraction of sp³-hybridized carbons (Fsp3) is 0.857. The molecule has 1 atom stereocenters. The molecule has 0 rings (SSSR count). The molecular weight excluding hydrogens is 244 g/mol. The zero-order chi connectivity index (χ0) is 15.1. The molecule has 0 aromatic carbocycles. The third-order valence-corrected chi connectivity index (χ3v) is 3.72. The Morgan fingerprint density at radius 1 is 1.26 bits per heavy atom. The number of amides is 1. The summed E-state index contributed by atoms with van der Waals surface area (Å²) in [4.78, 5) is 25.3. The molecule has 5 heteroatoms. The van der Waals surface area contributed by atoms with Crippen LogP contribution in [0.5, 0.6) is 0 Å². The van der Waals surface area contributed by atoms with E-state index in [1.165, 1.54) is 0 Å². The summed E-state index contributed by atoms with van der Waals surface area (Å²) in [6, 6.07) is 0.0649. The minimum absolute atomic E-state index is 0.0572. The summed E-state index contributed by atoms with van der Waals surface area (Å²) in [7, 11) is 3.97. The van der Waals surface area contributed by atoms with Crippen molar-refractivity contribution in [3.63, 3.8) is 0 Å². The monoisotopic (exact) mass is 272 g/mol. The normalized spacial score (nSPS) is 13.4. The summed E-state index contributed by atoms with van der Waals surface area (Å²) in [5.41, 5.74) is -0.925. The number of carbonyl (C=O) groups is 2. The van der Waals surface area contributed by atoms with Crippen LogP contribution in [0.2, 0.25) is 0 Å². The highest BCUT2D eigenvalue weighted by molar-refractivity contribution is 5.85. The summed E-state index contributed by atoms with van der Waals surface area (Å²) in [5.74, 6) is -1.05. The lowest BCUT2D eigenvalue weighted by Gasteiger charge is -2.27. The van der Waals surface area contributed by atoms with Crippen molar-refractivity contribution in [2.24, 2.45) is 5.41 Å². The summed E-state index contributed by atoms with van der Waals surface area (Å²) in [6.07, 6.45) is 1.86. The number of nitrogens with zero attached hydrogens (tertiary/aromatic N) is 1. The topological polar surface area (TPSA) is 69.6 Å². The Morgan fingerprint density at radius 3 is 2.16 bits per heavy atom. The van der Waals surface area contributed by atoms with Gasteiger partial charge >= 0.3 is 5.97 Å². The Balaban J connectivity index is 4.39. The van der Waals surface area contributed by atoms with E-state index in [1.54, 1.807) is 0 Å². The number of hydrogen-bond donors (Lipinski definition) is 2. The zero-order valence-electron chi connectivity index (χ0n) is 12.8. The third-order valence-electron chi connectivity index (χ3n) is 3.72. The van der Waals surface area contributed by atoms with Crippen LogP contribution >= 0.6 is 0 Å². The SMILES string of the molecule is CCC(CC)(CC(=O)NC(C)CCN(C)C)C(=O)O. The number of aliphatic carboxylic acids is 1. The second-order valence-electron chi connectivity index (χ2n) is 5.53. The van der Waals surface area contributed by atoms with Gasteiger partial charge in [-0.1, -0.05) is 13.8 Å². The van der Waals surface area contributed by atoms with E-state index in [4.69, 9.17) is 0 Å². The number of hydrogen-bond acceptors (Lipinski definition) is 3. The van der Waals surface area contributed by atoms with Crippen molar-refractivity contribution in [1.82, 2.24) is 10.2 Å². The largest absolute Gasteiger partial charge is 0.481 e. The Hall–Kier alpha value is -1.10. The predicted octanol–water partition coefficient (Wildman–Crippen LogP) is 1.72. The fourth-order valence-corrected chi connectivity index (χ4v) is 2.04. The van der Waals surface area contributed by atoms with Crippen LogP contribution in [0.4, 0.5) is 0 Å². The lowest BCUT2D eigenvalue weighted by Crippen LogP contribution is -2.40. The van der Waals surface area contributed by atoms with Gasteiger partial charge in [0.1, 0.15) is 0 Å². The molecule has 0 saturated carbocycles. The average Bonchev–Trinajstić information content (AvgIpc) is 2.33. The van der Waals surface area contributed by atoms with Gasteiger partial charge in [-0.05, 0) is 46.8 Å². The van der Waals surface area contributed by atoms with Gasteiger partial charge in [-0.3, -0.25) is 9.59 Å². The van der Waals surface area contributed by atoms with E-state index in [0.29, 0.717) is 12.8 Å². The molecule has 0 aliphatic heterocycles. The van der Waals surface area contributed by atoms with Gasteiger partial charge < -0.3 is 15.3 Å². The Kier molecular flexibility index (Phi) is 7.68. The first-order valence-electron chi connectivity index (χ1n) is 6.95. The van der Waals surface area contributed by atoms with Crippen molar-refractivity contribution >= 4 is 11.9 Å². The second-order valence-corrected chi connectivity index (χ2v) is 5.53. The molecule has 0 bridgehead atoms. The van der Waals surface area contributed by atoms with E-state index in [0.717, 1.165) is 13.0 Å². The van der Waals surface area contributed by atoms with Crippen LogP contribution in [0, 0.1) is 5.41 Å². The molecule has 0 aliphatic carbocycles. The summed E-state index contributed by atoms with van der Waals surface area (Å²) >= 11 is 0. The lowest BCUT2D eigenvalue weighted by atomic mass is 9.79. The average molecular weight is 272 g/mol. The first kappa shape index (κ1) is 17.9. The third kappa shape index (κ3) is 6.05. The summed E-state index contributed by atoms with van der Waals surface area (Å²) in [6.45, 7) is 6.48. The van der Waals surface area contributed by atoms with Gasteiger partial charge in [0, 0.05) is 12.5 Å². The van der Waals surface area contributed by atoms with E-state index in [2.05, 4.69) is 10.2 Å². The van der Waals surface area contributed by atoms with Gasteiger partial charge in [0.25, 0.3) is 0 Å². The maximum Gasteiger partial charge on any atom is 0.310 e. The first-order valence-corrected chi connectivity index (χ1v) is 6.95. The van der Waals surface area contributed by atoms with E-state index < -0.39 is 11.4 Å². The van der Waals surface area contributed by atoms with E-state index in [1.807, 2.05) is 34.9 Å². The van der Waals surface area contributed by atoms with Crippen molar-refractivity contribution in [3.05, 3.63) is 0 Å². The van der Waals surface area contributed by atoms with Gasteiger partial charge in [0.15, 0.2) is 0 Å². The molecule has 2 N–H and O–H groups in total. The maximum atomic E-state index is 11.9. The van der Waals surface area contributed by atoms with Crippen molar-refractivity contribution < 1.29 is 14.7 Å². The van der Waals surface area contributed by atoms with Crippen LogP contribution in [-0.2, 0) is 9.59 Å². The Bertz CT molecular complexity index is 299. The van der Waals surface area contributed by atoms with Crippen LogP contribution in [-0.4, -0.2) is 48.6 Å². The van der Waals surface area contributed by atoms with Crippen LogP contribution in [0.1, 0.15) is 46.5 Å². The summed E-state index contributed by atoms with van der Waals surface area (Å²) < 4.78 is 0. The zero-order valence-corrected chi connectivity index (χ0v) is 12.8. The predicted molar refractivity (Wildman–Crippen MR) is 76.0 cm³/mol. The second kappa shape index (κ2) is 8.15. The van der Waals surface area contributed by atoms with Crippen molar-refractivity contribution in [2.75, 3.05) is 20.6 Å². The minimum Gasteiger partial charge on any atom is -0.481 e. The smallest absolute Gasteiger partial charge is 0.310 e. The van der Waals surface area contributed by atoms with Crippen LogP contribution < -0.4 is 5.32 Å². The lowest BCUT2D eigenvalue weighted by molar-refractivity contribution is -0.152. The highest BCUT2D eigenvalue weighted by Crippen LogP contribution is 2.30. The molecule has 0 heterocycles. The molecule has 19 heavy (non-hydrogen) atoms. The highest BCUT2D eigenvalue weighted by atomic mass is 16.4. The molecule has 0 aliphatic rings. The quantitative estimate of drug-likeness (QED) is 0.670. The molecule has 1 amide bonds. The molecule has 0 spiro atoms. The van der Waals surface area contributed by atoms with Crippen LogP contribution in [0.25, 0.3) is 0 Å². The first-order chi connectivity index (χ1) is 8.77. The molecule has 0 saturated heterocycles. The van der Waals surface area contributed by atoms with Crippen molar-refractivity contribution in [3.8, 4) is 0 Å². The standard InChI is InChI=1S/C14H28N2O3/c1-6-14(7-2,13(18)19)10-12(17)15-11(3)8-9-16(4)5/h11H,6-10H2,1-5H3,(H,15,17)(H,18,19).